The van der Waals surface area contributed by atoms with Gasteiger partial charge in [-0.15, -0.1) is 0 Å². The van der Waals surface area contributed by atoms with E-state index in [0.29, 0.717) is 0 Å². The fraction of sp³-hybridized carbons (Fsp3) is 0.100. The molecule has 22 heavy (non-hydrogen) atoms. The molecule has 3 aromatic carbocycles. The van der Waals surface area contributed by atoms with Gasteiger partial charge in [0.05, 0.1) is 0 Å². The molecule has 1 radical (unpaired) electrons. The Kier molecular flexibility index (Phi) is 4.33. The number of hydrogen-bond acceptors (Lipinski definition) is 1. The number of benzene rings is 3. The smallest absolute Gasteiger partial charge is 0.182 e. The van der Waals surface area contributed by atoms with Crippen LogP contribution in [0, 0.1) is 0 Å². The summed E-state index contributed by atoms with van der Waals surface area (Å²) in [5.41, 5.74) is 1.96. The molecule has 2 nitrogen and oxygen atoms in total. The Hall–Kier alpha value is -2.42. The highest BCUT2D eigenvalue weighted by Gasteiger charge is 2.37. The molecule has 0 aliphatic heterocycles. The quantitative estimate of drug-likeness (QED) is 0.506. The zero-order chi connectivity index (χ0) is 15.3. The van der Waals surface area contributed by atoms with Crippen molar-refractivity contribution in [2.24, 2.45) is 0 Å². The predicted octanol–water partition coefficient (Wildman–Crippen LogP) is 4.38. The maximum absolute atomic E-state index is 11.4. The third-order valence-electron chi connectivity index (χ3n) is 3.82. The van der Waals surface area contributed by atoms with Gasteiger partial charge in [-0.1, -0.05) is 91.0 Å². The molecule has 0 amide bonds. The maximum Gasteiger partial charge on any atom is 0.182 e. The van der Waals surface area contributed by atoms with Gasteiger partial charge >= 0.3 is 0 Å². The van der Waals surface area contributed by atoms with E-state index in [1.807, 2.05) is 91.0 Å². The standard InChI is InChI=1S/C20H17O2/c21-16-22-20(17-10-4-1-5-11-17,18-12-6-2-7-13-18)19-14-8-3-9-15-19/h1-15H,16H2. The average Bonchev–Trinajstić information content (AvgIpc) is 2.62. The van der Waals surface area contributed by atoms with Crippen LogP contribution in [0.5, 0.6) is 0 Å². The van der Waals surface area contributed by atoms with E-state index in [4.69, 9.17) is 4.74 Å². The molecule has 2 heteroatoms. The van der Waals surface area contributed by atoms with Crippen molar-refractivity contribution in [1.29, 1.82) is 0 Å². The highest BCUT2D eigenvalue weighted by atomic mass is 16.6. The summed E-state index contributed by atoms with van der Waals surface area (Å²) < 4.78 is 5.83. The van der Waals surface area contributed by atoms with Gasteiger partial charge in [0.15, 0.2) is 6.79 Å². The third kappa shape index (κ3) is 2.54. The van der Waals surface area contributed by atoms with Crippen LogP contribution in [-0.4, -0.2) is 6.79 Å². The SMILES string of the molecule is [O]COC(c1ccccc1)(c1ccccc1)c1ccccc1. The minimum atomic E-state index is -0.883. The molecule has 0 fully saturated rings. The van der Waals surface area contributed by atoms with E-state index in [0.717, 1.165) is 16.7 Å². The summed E-state index contributed by atoms with van der Waals surface area (Å²) in [7, 11) is 0. The highest BCUT2D eigenvalue weighted by Crippen LogP contribution is 2.40. The monoisotopic (exact) mass is 289 g/mol. The van der Waals surface area contributed by atoms with E-state index in [9.17, 15) is 5.11 Å². The van der Waals surface area contributed by atoms with Crippen molar-refractivity contribution in [3.8, 4) is 0 Å². The van der Waals surface area contributed by atoms with Gasteiger partial charge in [0.1, 0.15) is 5.60 Å². The van der Waals surface area contributed by atoms with Crippen molar-refractivity contribution in [3.63, 3.8) is 0 Å². The molecule has 3 aromatic rings. The molecule has 109 valence electrons. The molecule has 0 spiro atoms. The molecule has 0 N–H and O–H groups in total. The van der Waals surface area contributed by atoms with Crippen LogP contribution < -0.4 is 0 Å². The summed E-state index contributed by atoms with van der Waals surface area (Å²) in [5, 5.41) is 11.4. The first-order valence-electron chi connectivity index (χ1n) is 7.26. The van der Waals surface area contributed by atoms with E-state index in [2.05, 4.69) is 0 Å². The van der Waals surface area contributed by atoms with Crippen LogP contribution in [-0.2, 0) is 15.4 Å². The van der Waals surface area contributed by atoms with Gasteiger partial charge in [-0.05, 0) is 16.7 Å². The zero-order valence-corrected chi connectivity index (χ0v) is 12.2. The number of ether oxygens (including phenoxy) is 1. The van der Waals surface area contributed by atoms with Crippen LogP contribution in [0.25, 0.3) is 0 Å². The molecule has 0 bridgehead atoms. The average molecular weight is 289 g/mol. The molecular formula is C20H17O2. The van der Waals surface area contributed by atoms with Gasteiger partial charge in [0.25, 0.3) is 0 Å². The molecule has 0 saturated heterocycles. The fourth-order valence-corrected chi connectivity index (χ4v) is 2.86. The lowest BCUT2D eigenvalue weighted by atomic mass is 9.80. The largest absolute Gasteiger partial charge is 0.332 e. The van der Waals surface area contributed by atoms with E-state index >= 15 is 0 Å². The second-order valence-electron chi connectivity index (χ2n) is 5.04. The van der Waals surface area contributed by atoms with Crippen LogP contribution in [0.15, 0.2) is 91.0 Å². The van der Waals surface area contributed by atoms with E-state index in [1.54, 1.807) is 0 Å². The first kappa shape index (κ1) is 14.5. The van der Waals surface area contributed by atoms with Crippen LogP contribution >= 0.6 is 0 Å². The van der Waals surface area contributed by atoms with E-state index in [-0.39, 0.29) is 0 Å². The van der Waals surface area contributed by atoms with E-state index in [1.165, 1.54) is 0 Å². The van der Waals surface area contributed by atoms with Crippen LogP contribution in [0.2, 0.25) is 0 Å². The summed E-state index contributed by atoms with van der Waals surface area (Å²) in [4.78, 5) is 0. The summed E-state index contributed by atoms with van der Waals surface area (Å²) in [6.45, 7) is -0.612. The summed E-state index contributed by atoms with van der Waals surface area (Å²) in [6, 6.07) is 29.6. The summed E-state index contributed by atoms with van der Waals surface area (Å²) in [6.07, 6.45) is 0. The van der Waals surface area contributed by atoms with Crippen LogP contribution in [0.4, 0.5) is 0 Å². The second kappa shape index (κ2) is 6.56. The number of rotatable bonds is 5. The second-order valence-corrected chi connectivity index (χ2v) is 5.04. The van der Waals surface area contributed by atoms with Gasteiger partial charge in [-0.2, -0.15) is 0 Å². The molecule has 0 unspecified atom stereocenters. The first-order chi connectivity index (χ1) is 10.9. The first-order valence-corrected chi connectivity index (χ1v) is 7.26. The normalized spacial score (nSPS) is 11.3. The van der Waals surface area contributed by atoms with Crippen LogP contribution in [0.1, 0.15) is 16.7 Å². The van der Waals surface area contributed by atoms with Gasteiger partial charge in [0.2, 0.25) is 0 Å². The van der Waals surface area contributed by atoms with Crippen molar-refractivity contribution >= 4 is 0 Å². The van der Waals surface area contributed by atoms with E-state index < -0.39 is 12.4 Å². The topological polar surface area (TPSA) is 29.1 Å². The molecule has 0 aliphatic carbocycles. The molecule has 3 rings (SSSR count). The van der Waals surface area contributed by atoms with Crippen molar-refractivity contribution in [2.45, 2.75) is 5.60 Å². The maximum atomic E-state index is 11.4. The summed E-state index contributed by atoms with van der Waals surface area (Å²) in [5.74, 6) is 0. The molecule has 0 saturated carbocycles. The Morgan fingerprint density at radius 2 is 0.909 bits per heavy atom. The third-order valence-corrected chi connectivity index (χ3v) is 3.82. The molecule has 0 aliphatic rings. The Labute approximate surface area is 130 Å². The lowest BCUT2D eigenvalue weighted by molar-refractivity contribution is -0.108. The Morgan fingerprint density at radius 3 is 1.18 bits per heavy atom. The Bertz CT molecular complexity index is 597. The Balaban J connectivity index is 2.29. The van der Waals surface area contributed by atoms with Crippen molar-refractivity contribution in [3.05, 3.63) is 108 Å². The predicted molar refractivity (Wildman–Crippen MR) is 85.8 cm³/mol. The van der Waals surface area contributed by atoms with Crippen molar-refractivity contribution < 1.29 is 9.84 Å². The van der Waals surface area contributed by atoms with Gasteiger partial charge in [0, 0.05) is 0 Å². The molecular weight excluding hydrogens is 272 g/mol. The molecule has 0 aromatic heterocycles. The molecule has 0 heterocycles. The van der Waals surface area contributed by atoms with Gasteiger partial charge < -0.3 is 4.74 Å². The molecule has 0 atom stereocenters. The highest BCUT2D eigenvalue weighted by molar-refractivity contribution is 5.47. The summed E-state index contributed by atoms with van der Waals surface area (Å²) >= 11 is 0. The lowest BCUT2D eigenvalue weighted by Gasteiger charge is -2.34. The minimum Gasteiger partial charge on any atom is -0.332 e. The fourth-order valence-electron chi connectivity index (χ4n) is 2.86. The lowest BCUT2D eigenvalue weighted by Crippen LogP contribution is -2.33. The zero-order valence-electron chi connectivity index (χ0n) is 12.2. The van der Waals surface area contributed by atoms with Gasteiger partial charge in [-0.25, -0.2) is 5.11 Å². The minimum absolute atomic E-state index is 0.612. The Morgan fingerprint density at radius 1 is 0.591 bits per heavy atom. The van der Waals surface area contributed by atoms with Crippen molar-refractivity contribution in [2.75, 3.05) is 6.79 Å². The van der Waals surface area contributed by atoms with Crippen LogP contribution in [0.3, 0.4) is 0 Å². The number of hydrogen-bond donors (Lipinski definition) is 0. The van der Waals surface area contributed by atoms with Gasteiger partial charge in [-0.3, -0.25) is 0 Å². The van der Waals surface area contributed by atoms with Crippen molar-refractivity contribution in [1.82, 2.24) is 0 Å².